The molecule has 3 nitrogen and oxygen atoms in total. The number of thiophene rings is 1. The van der Waals surface area contributed by atoms with Crippen molar-refractivity contribution in [2.45, 2.75) is 44.0 Å². The van der Waals surface area contributed by atoms with Gasteiger partial charge in [-0.25, -0.2) is 0 Å². The SMILES string of the molecule is Cc1ccc2cc(C3CCCC3)[s+](C(F)(F)F)c2c1.[O-][Br+2]([O-])[O-]. The zero-order valence-corrected chi connectivity index (χ0v) is 14.8. The van der Waals surface area contributed by atoms with E-state index in [2.05, 4.69) is 0 Å². The van der Waals surface area contributed by atoms with Crippen molar-refractivity contribution in [2.75, 3.05) is 0 Å². The second-order valence-corrected chi connectivity index (χ2v) is 8.29. The second kappa shape index (κ2) is 7.48. The smallest absolute Gasteiger partial charge is 0.405 e. The lowest BCUT2D eigenvalue weighted by Gasteiger charge is -2.05. The molecule has 0 aliphatic heterocycles. The van der Waals surface area contributed by atoms with Crippen LogP contribution >= 0.6 is 10.5 Å². The van der Waals surface area contributed by atoms with Gasteiger partial charge in [-0.1, -0.05) is 18.9 Å². The predicted molar refractivity (Wildman–Crippen MR) is 73.7 cm³/mol. The average molecular weight is 413 g/mol. The number of alkyl halides is 3. The van der Waals surface area contributed by atoms with Crippen LogP contribution in [0.1, 0.15) is 42.0 Å². The lowest BCUT2D eigenvalue weighted by Crippen LogP contribution is -2.42. The van der Waals surface area contributed by atoms with Crippen molar-refractivity contribution in [3.05, 3.63) is 34.7 Å². The molecule has 0 radical (unpaired) electrons. The van der Waals surface area contributed by atoms with Gasteiger partial charge in [-0.2, -0.15) is 0 Å². The summed E-state index contributed by atoms with van der Waals surface area (Å²) in [5.74, 6) is 0.137. The minimum atomic E-state index is -4.15. The Labute approximate surface area is 140 Å². The van der Waals surface area contributed by atoms with Crippen LogP contribution in [0.3, 0.4) is 0 Å². The topological polar surface area (TPSA) is 69.2 Å². The van der Waals surface area contributed by atoms with Crippen LogP contribution in [-0.2, 0) is 5.51 Å². The van der Waals surface area contributed by atoms with Crippen LogP contribution < -0.4 is 12.6 Å². The highest BCUT2D eigenvalue weighted by Crippen LogP contribution is 2.55. The molecule has 0 N–H and O–H groups in total. The van der Waals surface area contributed by atoms with Gasteiger partial charge >= 0.3 is 5.51 Å². The first-order chi connectivity index (χ1) is 10.7. The maximum atomic E-state index is 13.4. The fourth-order valence-corrected chi connectivity index (χ4v) is 5.28. The summed E-state index contributed by atoms with van der Waals surface area (Å²) in [4.78, 5) is 0.630. The zero-order chi connectivity index (χ0) is 17.2. The van der Waals surface area contributed by atoms with Gasteiger partial charge in [-0.15, -0.1) is 13.2 Å². The molecule has 0 bridgehead atoms. The molecule has 1 aliphatic carbocycles. The third-order valence-electron chi connectivity index (χ3n) is 3.91. The van der Waals surface area contributed by atoms with Crippen molar-refractivity contribution in [3.8, 4) is 0 Å². The largest absolute Gasteiger partial charge is 0.600 e. The molecule has 0 amide bonds. The van der Waals surface area contributed by atoms with Gasteiger partial charge in [0.05, 0.1) is 10.5 Å². The molecule has 1 aromatic carbocycles. The van der Waals surface area contributed by atoms with Crippen molar-refractivity contribution in [3.63, 3.8) is 0 Å². The fourth-order valence-electron chi connectivity index (χ4n) is 3.03. The molecule has 1 unspecified atom stereocenters. The number of hydrogen-bond donors (Lipinski definition) is 0. The maximum absolute atomic E-state index is 13.4. The number of benzene rings is 1. The van der Waals surface area contributed by atoms with Gasteiger partial charge in [0.2, 0.25) is 14.8 Å². The van der Waals surface area contributed by atoms with Crippen molar-refractivity contribution in [2.24, 2.45) is 0 Å². The third kappa shape index (κ3) is 4.67. The molecule has 0 spiro atoms. The molecule has 1 aliphatic rings. The van der Waals surface area contributed by atoms with Crippen molar-refractivity contribution in [1.29, 1.82) is 0 Å². The summed E-state index contributed by atoms with van der Waals surface area (Å²) in [5.41, 5.74) is -3.24. The van der Waals surface area contributed by atoms with Gasteiger partial charge in [0.15, 0.2) is 9.58 Å². The summed E-state index contributed by atoms with van der Waals surface area (Å²) in [6.07, 6.45) is 3.95. The van der Waals surface area contributed by atoms with E-state index >= 15 is 0 Å². The molecule has 0 saturated heterocycles. The molecule has 1 saturated carbocycles. The highest BCUT2D eigenvalue weighted by atomic mass is 80.0. The van der Waals surface area contributed by atoms with E-state index in [1.807, 2.05) is 19.1 Å². The molecule has 1 atom stereocenters. The van der Waals surface area contributed by atoms with E-state index in [0.717, 1.165) is 36.6 Å². The monoisotopic (exact) mass is 412 g/mol. The first kappa shape index (κ1) is 18.7. The quantitative estimate of drug-likeness (QED) is 0.675. The number of halogens is 4. The van der Waals surface area contributed by atoms with Crippen LogP contribution in [-0.4, -0.2) is 0 Å². The van der Waals surface area contributed by atoms with Crippen LogP contribution in [0.15, 0.2) is 24.3 Å². The molecule has 8 heteroatoms. The zero-order valence-electron chi connectivity index (χ0n) is 12.4. The Morgan fingerprint density at radius 3 is 2.17 bits per heavy atom. The van der Waals surface area contributed by atoms with E-state index in [1.54, 1.807) is 12.1 Å². The van der Waals surface area contributed by atoms with E-state index in [1.165, 1.54) is 0 Å². The van der Waals surface area contributed by atoms with Gasteiger partial charge in [-0.05, 0) is 31.4 Å². The number of hydrogen-bond acceptors (Lipinski definition) is 3. The van der Waals surface area contributed by atoms with Gasteiger partial charge < -0.3 is 12.6 Å². The van der Waals surface area contributed by atoms with Crippen LogP contribution in [0, 0.1) is 21.7 Å². The third-order valence-corrected chi connectivity index (χ3v) is 6.09. The maximum Gasteiger partial charge on any atom is 0.600 e. The predicted octanol–water partition coefficient (Wildman–Crippen LogP) is 2.46. The standard InChI is InChI=1S/C15H16F3S.BrO3/c1-10-6-7-12-9-14(11-4-2-3-5-11)19(13(12)8-10)15(16,17)18;2-1(3)4/h6-9,11H,2-5H2,1H3;/q+1;-1. The molecular weight excluding hydrogens is 397 g/mol. The number of rotatable bonds is 1. The summed E-state index contributed by atoms with van der Waals surface area (Å²) in [6, 6.07) is 7.24. The van der Waals surface area contributed by atoms with E-state index in [9.17, 15) is 13.2 Å². The summed E-state index contributed by atoms with van der Waals surface area (Å²) < 4.78 is 66.4. The van der Waals surface area contributed by atoms with Crippen molar-refractivity contribution in [1.82, 2.24) is 0 Å². The minimum Gasteiger partial charge on any atom is -0.405 e. The van der Waals surface area contributed by atoms with Crippen LogP contribution in [0.5, 0.6) is 0 Å². The van der Waals surface area contributed by atoms with Crippen LogP contribution in [0.25, 0.3) is 10.1 Å². The highest BCUT2D eigenvalue weighted by molar-refractivity contribution is 7.38. The normalized spacial score (nSPS) is 16.8. The van der Waals surface area contributed by atoms with Gasteiger partial charge in [0.1, 0.15) is 0 Å². The van der Waals surface area contributed by atoms with E-state index < -0.39 is 30.8 Å². The summed E-state index contributed by atoms with van der Waals surface area (Å²) in [5, 5.41) is 0.771. The summed E-state index contributed by atoms with van der Waals surface area (Å²) >= 11 is -3.65. The first-order valence-corrected chi connectivity index (χ1v) is 10.2. The minimum absolute atomic E-state index is 0.137. The second-order valence-electron chi connectivity index (χ2n) is 5.51. The molecule has 128 valence electrons. The fraction of sp³-hybridized carbons (Fsp3) is 0.467. The molecule has 23 heavy (non-hydrogen) atoms. The van der Waals surface area contributed by atoms with Gasteiger partial charge in [0, 0.05) is 23.4 Å². The average Bonchev–Trinajstić information content (AvgIpc) is 3.02. The van der Waals surface area contributed by atoms with Gasteiger partial charge in [0.25, 0.3) is 0 Å². The molecule has 1 aromatic heterocycles. The Bertz CT molecular complexity index is 661. The molecule has 3 rings (SSSR count). The van der Waals surface area contributed by atoms with E-state index in [-0.39, 0.29) is 5.92 Å². The first-order valence-electron chi connectivity index (χ1n) is 7.06. The molecular formula is C15H16BrF3O3S. The molecule has 1 heterocycles. The molecule has 2 aromatic rings. The lowest BCUT2D eigenvalue weighted by molar-refractivity contribution is -1.73. The Kier molecular flexibility index (Phi) is 6.07. The van der Waals surface area contributed by atoms with Crippen LogP contribution in [0.4, 0.5) is 13.2 Å². The Morgan fingerprint density at radius 1 is 1.09 bits per heavy atom. The van der Waals surface area contributed by atoms with Gasteiger partial charge in [-0.3, -0.25) is 0 Å². The van der Waals surface area contributed by atoms with Crippen LogP contribution in [0.2, 0.25) is 0 Å². The number of fused-ring (bicyclic) bond motifs is 1. The Morgan fingerprint density at radius 2 is 1.65 bits per heavy atom. The number of aryl methyl sites for hydroxylation is 1. The Hall–Kier alpha value is -0.670. The summed E-state index contributed by atoms with van der Waals surface area (Å²) in [6.45, 7) is 1.85. The summed E-state index contributed by atoms with van der Waals surface area (Å²) in [7, 11) is -1.70. The lowest BCUT2D eigenvalue weighted by atomic mass is 10.1. The highest BCUT2D eigenvalue weighted by Gasteiger charge is 2.49. The van der Waals surface area contributed by atoms with E-state index in [4.69, 9.17) is 12.6 Å². The van der Waals surface area contributed by atoms with E-state index in [0.29, 0.717) is 9.58 Å². The van der Waals surface area contributed by atoms with Crippen molar-refractivity contribution < 1.29 is 40.6 Å². The Balaban J connectivity index is 0.000000433. The molecule has 1 fully saturated rings. The van der Waals surface area contributed by atoms with Crippen molar-refractivity contribution >= 4 is 20.6 Å².